The number of nitrogens with one attached hydrogen (secondary N) is 1. The topological polar surface area (TPSA) is 69.0 Å². The number of rotatable bonds is 7. The van der Waals surface area contributed by atoms with E-state index in [2.05, 4.69) is 17.2 Å². The number of carbonyl (C=O) groups is 1. The Bertz CT molecular complexity index is 436. The standard InChI is InChI=1S/C14H20N4O/c1-3-9-16-12-6-7-13(17-11-12)14(19)18(4-2)10-5-8-15/h6-7,11,16H,3-5,9-10H2,1-2H3. The lowest BCUT2D eigenvalue weighted by molar-refractivity contribution is 0.0762. The van der Waals surface area contributed by atoms with E-state index in [4.69, 9.17) is 5.26 Å². The molecule has 0 aliphatic rings. The lowest BCUT2D eigenvalue weighted by Gasteiger charge is -2.18. The average molecular weight is 260 g/mol. The smallest absolute Gasteiger partial charge is 0.272 e. The van der Waals surface area contributed by atoms with Gasteiger partial charge >= 0.3 is 0 Å². The lowest BCUT2D eigenvalue weighted by Crippen LogP contribution is -2.32. The van der Waals surface area contributed by atoms with Gasteiger partial charge in [0.15, 0.2) is 0 Å². The van der Waals surface area contributed by atoms with Crippen LogP contribution >= 0.6 is 0 Å². The van der Waals surface area contributed by atoms with Crippen molar-refractivity contribution < 1.29 is 4.79 Å². The first-order chi connectivity index (χ1) is 9.22. The predicted octanol–water partition coefficient (Wildman–Crippen LogP) is 2.28. The van der Waals surface area contributed by atoms with Gasteiger partial charge < -0.3 is 10.2 Å². The van der Waals surface area contributed by atoms with Gasteiger partial charge in [0.05, 0.1) is 24.4 Å². The van der Waals surface area contributed by atoms with Crippen molar-refractivity contribution in [2.45, 2.75) is 26.7 Å². The van der Waals surface area contributed by atoms with E-state index in [1.165, 1.54) is 0 Å². The first-order valence-electron chi connectivity index (χ1n) is 6.59. The second kappa shape index (κ2) is 8.09. The van der Waals surface area contributed by atoms with Crippen molar-refractivity contribution >= 4 is 11.6 Å². The normalized spacial score (nSPS) is 9.74. The molecule has 0 saturated carbocycles. The van der Waals surface area contributed by atoms with Crippen LogP contribution in [0.15, 0.2) is 18.3 Å². The van der Waals surface area contributed by atoms with Crippen molar-refractivity contribution in [3.8, 4) is 6.07 Å². The van der Waals surface area contributed by atoms with Gasteiger partial charge in [-0.15, -0.1) is 0 Å². The number of nitrogens with zero attached hydrogens (tertiary/aromatic N) is 3. The molecule has 19 heavy (non-hydrogen) atoms. The van der Waals surface area contributed by atoms with E-state index >= 15 is 0 Å². The third-order valence-corrected chi connectivity index (χ3v) is 2.72. The molecule has 0 aliphatic heterocycles. The third-order valence-electron chi connectivity index (χ3n) is 2.72. The lowest BCUT2D eigenvalue weighted by atomic mass is 10.2. The molecule has 1 aromatic rings. The van der Waals surface area contributed by atoms with Crippen LogP contribution in [0.4, 0.5) is 5.69 Å². The van der Waals surface area contributed by atoms with Gasteiger partial charge in [0, 0.05) is 19.6 Å². The molecule has 0 spiro atoms. The fourth-order valence-corrected chi connectivity index (χ4v) is 1.64. The summed E-state index contributed by atoms with van der Waals surface area (Å²) in [6, 6.07) is 5.62. The van der Waals surface area contributed by atoms with Crippen LogP contribution in [0.2, 0.25) is 0 Å². The Morgan fingerprint density at radius 2 is 2.26 bits per heavy atom. The van der Waals surface area contributed by atoms with Gasteiger partial charge in [-0.1, -0.05) is 6.92 Å². The molecule has 0 atom stereocenters. The maximum atomic E-state index is 12.1. The summed E-state index contributed by atoms with van der Waals surface area (Å²) in [4.78, 5) is 17.9. The van der Waals surface area contributed by atoms with Crippen molar-refractivity contribution in [1.29, 1.82) is 5.26 Å². The Kier molecular flexibility index (Phi) is 6.37. The zero-order valence-electron chi connectivity index (χ0n) is 11.5. The van der Waals surface area contributed by atoms with Crippen molar-refractivity contribution in [2.75, 3.05) is 25.0 Å². The molecule has 1 N–H and O–H groups in total. The van der Waals surface area contributed by atoms with E-state index in [-0.39, 0.29) is 5.91 Å². The van der Waals surface area contributed by atoms with Gasteiger partial charge in [0.25, 0.3) is 5.91 Å². The van der Waals surface area contributed by atoms with Gasteiger partial charge in [-0.2, -0.15) is 5.26 Å². The van der Waals surface area contributed by atoms with E-state index in [1.54, 1.807) is 17.2 Å². The van der Waals surface area contributed by atoms with E-state index in [0.717, 1.165) is 18.7 Å². The second-order valence-electron chi connectivity index (χ2n) is 4.15. The molecule has 1 amide bonds. The maximum Gasteiger partial charge on any atom is 0.272 e. The molecule has 0 fully saturated rings. The summed E-state index contributed by atoms with van der Waals surface area (Å²) in [6.07, 6.45) is 3.05. The molecular formula is C14H20N4O. The fraction of sp³-hybridized carbons (Fsp3) is 0.500. The number of hydrogen-bond donors (Lipinski definition) is 1. The van der Waals surface area contributed by atoms with Crippen LogP contribution in [0.1, 0.15) is 37.2 Å². The third kappa shape index (κ3) is 4.59. The van der Waals surface area contributed by atoms with Crippen molar-refractivity contribution in [1.82, 2.24) is 9.88 Å². The Balaban J connectivity index is 2.68. The number of anilines is 1. The second-order valence-corrected chi connectivity index (χ2v) is 4.15. The van der Waals surface area contributed by atoms with Gasteiger partial charge in [0.2, 0.25) is 0 Å². The minimum Gasteiger partial charge on any atom is -0.384 e. The quantitative estimate of drug-likeness (QED) is 0.816. The molecule has 1 heterocycles. The highest BCUT2D eigenvalue weighted by molar-refractivity contribution is 5.92. The summed E-state index contributed by atoms with van der Waals surface area (Å²) >= 11 is 0. The van der Waals surface area contributed by atoms with Gasteiger partial charge in [0.1, 0.15) is 5.69 Å². The molecule has 102 valence electrons. The minimum absolute atomic E-state index is 0.125. The summed E-state index contributed by atoms with van der Waals surface area (Å²) in [5.74, 6) is -0.125. The summed E-state index contributed by atoms with van der Waals surface area (Å²) < 4.78 is 0. The molecule has 0 aromatic carbocycles. The number of nitriles is 1. The molecular weight excluding hydrogens is 240 g/mol. The van der Waals surface area contributed by atoms with Crippen LogP contribution in [0.5, 0.6) is 0 Å². The summed E-state index contributed by atoms with van der Waals surface area (Å²) in [6.45, 7) is 5.90. The molecule has 0 radical (unpaired) electrons. The Labute approximate surface area is 114 Å². The van der Waals surface area contributed by atoms with Crippen LogP contribution in [-0.4, -0.2) is 35.4 Å². The number of hydrogen-bond acceptors (Lipinski definition) is 4. The van der Waals surface area contributed by atoms with Crippen molar-refractivity contribution in [2.24, 2.45) is 0 Å². The molecule has 0 aliphatic carbocycles. The molecule has 1 rings (SSSR count). The highest BCUT2D eigenvalue weighted by Crippen LogP contribution is 2.08. The molecule has 0 bridgehead atoms. The number of amides is 1. The number of carbonyl (C=O) groups excluding carboxylic acids is 1. The Morgan fingerprint density at radius 1 is 1.47 bits per heavy atom. The minimum atomic E-state index is -0.125. The van der Waals surface area contributed by atoms with Crippen LogP contribution in [-0.2, 0) is 0 Å². The maximum absolute atomic E-state index is 12.1. The van der Waals surface area contributed by atoms with Crippen LogP contribution in [0.25, 0.3) is 0 Å². The first kappa shape index (κ1) is 15.0. The SMILES string of the molecule is CCCNc1ccc(C(=O)N(CC)CCC#N)nc1. The van der Waals surface area contributed by atoms with E-state index in [1.807, 2.05) is 19.1 Å². The van der Waals surface area contributed by atoms with Crippen molar-refractivity contribution in [3.05, 3.63) is 24.0 Å². The molecule has 5 nitrogen and oxygen atoms in total. The Hall–Kier alpha value is -2.09. The van der Waals surface area contributed by atoms with Crippen LogP contribution < -0.4 is 5.32 Å². The Morgan fingerprint density at radius 3 is 2.79 bits per heavy atom. The zero-order chi connectivity index (χ0) is 14.1. The monoisotopic (exact) mass is 260 g/mol. The van der Waals surface area contributed by atoms with Gasteiger partial charge in [-0.25, -0.2) is 4.98 Å². The van der Waals surface area contributed by atoms with Gasteiger partial charge in [-0.3, -0.25) is 4.79 Å². The number of pyridine rings is 1. The predicted molar refractivity (Wildman–Crippen MR) is 74.8 cm³/mol. The first-order valence-corrected chi connectivity index (χ1v) is 6.59. The van der Waals surface area contributed by atoms with Crippen molar-refractivity contribution in [3.63, 3.8) is 0 Å². The van der Waals surface area contributed by atoms with Crippen LogP contribution in [0, 0.1) is 11.3 Å². The van der Waals surface area contributed by atoms with Crippen LogP contribution in [0.3, 0.4) is 0 Å². The highest BCUT2D eigenvalue weighted by atomic mass is 16.2. The summed E-state index contributed by atoms with van der Waals surface area (Å²) in [7, 11) is 0. The summed E-state index contributed by atoms with van der Waals surface area (Å²) in [5.41, 5.74) is 1.33. The van der Waals surface area contributed by atoms with E-state index in [9.17, 15) is 4.79 Å². The molecule has 1 aromatic heterocycles. The molecule has 0 saturated heterocycles. The largest absolute Gasteiger partial charge is 0.384 e. The highest BCUT2D eigenvalue weighted by Gasteiger charge is 2.14. The average Bonchev–Trinajstić information content (AvgIpc) is 2.46. The van der Waals surface area contributed by atoms with E-state index in [0.29, 0.717) is 25.2 Å². The van der Waals surface area contributed by atoms with Gasteiger partial charge in [-0.05, 0) is 25.5 Å². The molecule has 5 heteroatoms. The zero-order valence-corrected chi connectivity index (χ0v) is 11.5. The molecule has 0 unspecified atom stereocenters. The fourth-order valence-electron chi connectivity index (χ4n) is 1.64. The van der Waals surface area contributed by atoms with E-state index < -0.39 is 0 Å². The summed E-state index contributed by atoms with van der Waals surface area (Å²) in [5, 5.41) is 11.8. The number of aromatic nitrogens is 1.